The highest BCUT2D eigenvalue weighted by molar-refractivity contribution is 7.99. The number of fused-ring (bicyclic) bond motifs is 1. The summed E-state index contributed by atoms with van der Waals surface area (Å²) >= 11 is 1.78. The normalized spacial score (nSPS) is 18.0. The number of hydrogen-bond acceptors (Lipinski definition) is 5. The summed E-state index contributed by atoms with van der Waals surface area (Å²) in [5.41, 5.74) is 0.923. The summed E-state index contributed by atoms with van der Waals surface area (Å²) in [6, 6.07) is 9.46. The molecule has 0 N–H and O–H groups in total. The zero-order valence-corrected chi connectivity index (χ0v) is 12.7. The number of thioether (sulfide) groups is 1. The molecule has 1 atom stereocenters. The van der Waals surface area contributed by atoms with E-state index >= 15 is 0 Å². The number of ether oxygens (including phenoxy) is 1. The van der Waals surface area contributed by atoms with Crippen molar-refractivity contribution in [2.45, 2.75) is 11.8 Å². The lowest BCUT2D eigenvalue weighted by atomic mass is 10.1. The zero-order chi connectivity index (χ0) is 14.8. The summed E-state index contributed by atoms with van der Waals surface area (Å²) in [6.45, 7) is 2.80. The first-order valence-corrected chi connectivity index (χ1v) is 7.72. The van der Waals surface area contributed by atoms with Crippen LogP contribution in [0.2, 0.25) is 0 Å². The SMILES string of the molecule is COc1cc(C(=O)N2C[C@@H](C)CSc3ccccc32)on1. The molecule has 3 rings (SSSR count). The highest BCUT2D eigenvalue weighted by atomic mass is 32.2. The number of nitrogens with zero attached hydrogens (tertiary/aromatic N) is 2. The molecule has 1 aromatic heterocycles. The Morgan fingerprint density at radius 3 is 3.05 bits per heavy atom. The topological polar surface area (TPSA) is 55.6 Å². The molecular weight excluding hydrogens is 288 g/mol. The Morgan fingerprint density at radius 2 is 2.29 bits per heavy atom. The predicted molar refractivity (Wildman–Crippen MR) is 81.1 cm³/mol. The summed E-state index contributed by atoms with van der Waals surface area (Å²) < 4.78 is 10.1. The average molecular weight is 304 g/mol. The fourth-order valence-corrected chi connectivity index (χ4v) is 3.35. The van der Waals surface area contributed by atoms with Gasteiger partial charge in [0.25, 0.3) is 11.8 Å². The fraction of sp³-hybridized carbons (Fsp3) is 0.333. The molecule has 2 aromatic rings. The lowest BCUT2D eigenvalue weighted by Crippen LogP contribution is -2.34. The zero-order valence-electron chi connectivity index (χ0n) is 11.9. The largest absolute Gasteiger partial charge is 0.479 e. The van der Waals surface area contributed by atoms with Crippen molar-refractivity contribution < 1.29 is 14.1 Å². The number of methoxy groups -OCH3 is 1. The maximum Gasteiger partial charge on any atom is 0.297 e. The molecule has 5 nitrogen and oxygen atoms in total. The first kappa shape index (κ1) is 14.0. The summed E-state index contributed by atoms with van der Waals surface area (Å²) in [5.74, 6) is 1.70. The van der Waals surface area contributed by atoms with Crippen molar-refractivity contribution in [3.8, 4) is 5.88 Å². The summed E-state index contributed by atoms with van der Waals surface area (Å²) in [5, 5.41) is 3.70. The van der Waals surface area contributed by atoms with Gasteiger partial charge in [-0.1, -0.05) is 19.1 Å². The van der Waals surface area contributed by atoms with Gasteiger partial charge in [-0.05, 0) is 23.2 Å². The van der Waals surface area contributed by atoms with Crippen molar-refractivity contribution in [1.29, 1.82) is 0 Å². The standard InChI is InChI=1S/C15H16N2O3S/c1-10-8-17(11-5-3-4-6-13(11)21-9-10)15(18)12-7-14(19-2)16-20-12/h3-7,10H,8-9H2,1-2H3/t10-/m1/s1. The summed E-state index contributed by atoms with van der Waals surface area (Å²) in [6.07, 6.45) is 0. The van der Waals surface area contributed by atoms with Crippen molar-refractivity contribution in [3.05, 3.63) is 36.1 Å². The molecule has 0 saturated carbocycles. The van der Waals surface area contributed by atoms with E-state index in [9.17, 15) is 4.79 Å². The Hall–Kier alpha value is -1.95. The van der Waals surface area contributed by atoms with E-state index in [0.717, 1.165) is 16.3 Å². The van der Waals surface area contributed by atoms with Crippen molar-refractivity contribution in [3.63, 3.8) is 0 Å². The molecule has 0 unspecified atom stereocenters. The van der Waals surface area contributed by atoms with Gasteiger partial charge in [0.15, 0.2) is 0 Å². The molecule has 1 aromatic carbocycles. The quantitative estimate of drug-likeness (QED) is 0.853. The first-order chi connectivity index (χ1) is 10.2. The molecule has 0 spiro atoms. The lowest BCUT2D eigenvalue weighted by molar-refractivity contribution is 0.0948. The lowest BCUT2D eigenvalue weighted by Gasteiger charge is -2.22. The van der Waals surface area contributed by atoms with Gasteiger partial charge in [0.2, 0.25) is 5.76 Å². The fourth-order valence-electron chi connectivity index (χ4n) is 2.28. The minimum atomic E-state index is -0.187. The first-order valence-electron chi connectivity index (χ1n) is 6.73. The highest BCUT2D eigenvalue weighted by Crippen LogP contribution is 2.36. The maximum atomic E-state index is 12.7. The number of hydrogen-bond donors (Lipinski definition) is 0. The number of benzene rings is 1. The van der Waals surface area contributed by atoms with Crippen molar-refractivity contribution in [1.82, 2.24) is 5.16 Å². The molecule has 0 saturated heterocycles. The molecule has 6 heteroatoms. The molecule has 0 radical (unpaired) electrons. The molecular formula is C15H16N2O3S. The summed E-state index contributed by atoms with van der Waals surface area (Å²) in [7, 11) is 1.49. The van der Waals surface area contributed by atoms with Gasteiger partial charge in [0, 0.05) is 17.2 Å². The van der Waals surface area contributed by atoms with Gasteiger partial charge in [-0.15, -0.1) is 11.8 Å². The minimum absolute atomic E-state index is 0.187. The second-order valence-electron chi connectivity index (χ2n) is 5.03. The van der Waals surface area contributed by atoms with Crippen LogP contribution in [0.4, 0.5) is 5.69 Å². The third-order valence-electron chi connectivity index (χ3n) is 3.33. The van der Waals surface area contributed by atoms with Gasteiger partial charge in [-0.25, -0.2) is 0 Å². The second kappa shape index (κ2) is 5.81. The van der Waals surface area contributed by atoms with Gasteiger partial charge in [0.05, 0.1) is 18.9 Å². The van der Waals surface area contributed by atoms with Gasteiger partial charge < -0.3 is 14.2 Å². The molecule has 1 amide bonds. The molecule has 0 bridgehead atoms. The van der Waals surface area contributed by atoms with Gasteiger partial charge in [0.1, 0.15) is 0 Å². The van der Waals surface area contributed by atoms with Crippen molar-refractivity contribution in [2.75, 3.05) is 24.3 Å². The van der Waals surface area contributed by atoms with Crippen LogP contribution in [0, 0.1) is 5.92 Å². The van der Waals surface area contributed by atoms with Gasteiger partial charge >= 0.3 is 0 Å². The van der Waals surface area contributed by atoms with E-state index in [1.54, 1.807) is 16.7 Å². The number of amides is 1. The second-order valence-corrected chi connectivity index (χ2v) is 6.10. The number of aromatic nitrogens is 1. The third kappa shape index (κ3) is 2.76. The van der Waals surface area contributed by atoms with Crippen LogP contribution in [-0.2, 0) is 0 Å². The maximum absolute atomic E-state index is 12.7. The molecule has 0 aliphatic carbocycles. The smallest absolute Gasteiger partial charge is 0.297 e. The molecule has 1 aliphatic rings. The van der Waals surface area contributed by atoms with Crippen LogP contribution in [0.5, 0.6) is 5.88 Å². The van der Waals surface area contributed by atoms with Crippen LogP contribution in [0.3, 0.4) is 0 Å². The predicted octanol–water partition coefficient (Wildman–Crippen LogP) is 3.07. The number of para-hydroxylation sites is 1. The van der Waals surface area contributed by atoms with Gasteiger partial charge in [-0.2, -0.15) is 0 Å². The average Bonchev–Trinajstić information content (AvgIpc) is 2.92. The Morgan fingerprint density at radius 1 is 1.48 bits per heavy atom. The molecule has 0 fully saturated rings. The van der Waals surface area contributed by atoms with Crippen LogP contribution in [0.15, 0.2) is 39.8 Å². The third-order valence-corrected chi connectivity index (χ3v) is 4.72. The van der Waals surface area contributed by atoms with Gasteiger partial charge in [-0.3, -0.25) is 4.79 Å². The van der Waals surface area contributed by atoms with E-state index in [1.165, 1.54) is 13.2 Å². The molecule has 110 valence electrons. The number of anilines is 1. The Labute approximate surface area is 127 Å². The van der Waals surface area contributed by atoms with Crippen LogP contribution in [0.25, 0.3) is 0 Å². The molecule has 1 aliphatic heterocycles. The van der Waals surface area contributed by atoms with E-state index in [2.05, 4.69) is 12.1 Å². The Kier molecular flexibility index (Phi) is 3.88. The summed E-state index contributed by atoms with van der Waals surface area (Å²) in [4.78, 5) is 15.6. The monoisotopic (exact) mass is 304 g/mol. The van der Waals surface area contributed by atoms with Crippen LogP contribution >= 0.6 is 11.8 Å². The van der Waals surface area contributed by atoms with Crippen molar-refractivity contribution >= 4 is 23.4 Å². The van der Waals surface area contributed by atoms with Crippen LogP contribution < -0.4 is 9.64 Å². The Balaban J connectivity index is 1.97. The van der Waals surface area contributed by atoms with Crippen LogP contribution in [0.1, 0.15) is 17.5 Å². The van der Waals surface area contributed by atoms with Crippen molar-refractivity contribution in [2.24, 2.45) is 5.92 Å². The number of carbonyl (C=O) groups excluding carboxylic acids is 1. The van der Waals surface area contributed by atoms with E-state index in [-0.39, 0.29) is 11.7 Å². The number of carbonyl (C=O) groups is 1. The van der Waals surface area contributed by atoms with E-state index in [4.69, 9.17) is 9.26 Å². The molecule has 2 heterocycles. The van der Waals surface area contributed by atoms with E-state index in [1.807, 2.05) is 24.3 Å². The minimum Gasteiger partial charge on any atom is -0.479 e. The van der Waals surface area contributed by atoms with E-state index < -0.39 is 0 Å². The van der Waals surface area contributed by atoms with E-state index in [0.29, 0.717) is 18.3 Å². The molecule has 21 heavy (non-hydrogen) atoms. The van der Waals surface area contributed by atoms with Crippen LogP contribution in [-0.4, -0.2) is 30.5 Å². The number of rotatable bonds is 2. The Bertz CT molecular complexity index is 656. The highest BCUT2D eigenvalue weighted by Gasteiger charge is 2.28.